The maximum atomic E-state index is 13.2. The summed E-state index contributed by atoms with van der Waals surface area (Å²) in [6.45, 7) is 9.30. The number of nitrogens with two attached hydrogens (primary N) is 1. The number of rotatable bonds is 6. The first-order chi connectivity index (χ1) is 18.1. The second-order valence-corrected chi connectivity index (χ2v) is 14.1. The van der Waals surface area contributed by atoms with Crippen molar-refractivity contribution in [3.05, 3.63) is 59.0 Å². The van der Waals surface area contributed by atoms with Crippen molar-refractivity contribution in [2.75, 3.05) is 23.7 Å². The van der Waals surface area contributed by atoms with E-state index in [0.717, 1.165) is 43.9 Å². The van der Waals surface area contributed by atoms with Crippen LogP contribution in [0.5, 0.6) is 0 Å². The number of piperidine rings is 1. The number of aryl methyl sites for hydroxylation is 1. The van der Waals surface area contributed by atoms with Crippen LogP contribution in [0, 0.1) is 12.3 Å². The number of fused-ring (bicyclic) bond motifs is 1. The SMILES string of the molecule is Cc1nc(N2CCC3(CC2)Cc2ccccc2[C@H]3NS(=O)C(C)(C)C)c(CO)nc1Sc1ccnc(N)n1. The summed E-state index contributed by atoms with van der Waals surface area (Å²) in [7, 11) is -1.17. The minimum atomic E-state index is -1.17. The molecule has 5 rings (SSSR count). The number of hydrogen-bond donors (Lipinski definition) is 3. The van der Waals surface area contributed by atoms with Gasteiger partial charge in [-0.25, -0.2) is 28.9 Å². The molecule has 38 heavy (non-hydrogen) atoms. The number of nitrogens with zero attached hydrogens (tertiary/aromatic N) is 5. The van der Waals surface area contributed by atoms with Crippen molar-refractivity contribution in [2.24, 2.45) is 5.41 Å². The van der Waals surface area contributed by atoms with E-state index in [1.807, 2.05) is 27.7 Å². The third-order valence-corrected chi connectivity index (χ3v) is 10.0. The van der Waals surface area contributed by atoms with Gasteiger partial charge in [-0.1, -0.05) is 24.3 Å². The number of aliphatic hydroxyl groups excluding tert-OH is 1. The van der Waals surface area contributed by atoms with Crippen molar-refractivity contribution in [2.45, 2.75) is 74.4 Å². The Hall–Kier alpha value is -2.60. The Morgan fingerprint density at radius 2 is 1.92 bits per heavy atom. The number of nitrogens with one attached hydrogen (secondary N) is 1. The van der Waals surface area contributed by atoms with Gasteiger partial charge in [-0.2, -0.15) is 0 Å². The van der Waals surface area contributed by atoms with E-state index in [1.54, 1.807) is 12.3 Å². The fourth-order valence-corrected chi connectivity index (χ4v) is 7.14. The van der Waals surface area contributed by atoms with Crippen LogP contribution in [0.4, 0.5) is 11.8 Å². The van der Waals surface area contributed by atoms with Crippen molar-refractivity contribution in [1.29, 1.82) is 0 Å². The van der Waals surface area contributed by atoms with E-state index in [1.165, 1.54) is 22.9 Å². The Morgan fingerprint density at radius 1 is 1.18 bits per heavy atom. The molecule has 3 heterocycles. The molecule has 1 aliphatic carbocycles. The molecule has 9 nitrogen and oxygen atoms in total. The van der Waals surface area contributed by atoms with Crippen molar-refractivity contribution in [3.8, 4) is 0 Å². The first kappa shape index (κ1) is 27.0. The van der Waals surface area contributed by atoms with Crippen LogP contribution in [0.15, 0.2) is 46.6 Å². The summed E-state index contributed by atoms with van der Waals surface area (Å²) in [5.74, 6) is 0.930. The van der Waals surface area contributed by atoms with Gasteiger partial charge in [0.1, 0.15) is 15.7 Å². The van der Waals surface area contributed by atoms with Crippen molar-refractivity contribution in [1.82, 2.24) is 24.7 Å². The monoisotopic (exact) mass is 553 g/mol. The molecule has 0 amide bonds. The van der Waals surface area contributed by atoms with Crippen molar-refractivity contribution < 1.29 is 9.32 Å². The summed E-state index contributed by atoms with van der Waals surface area (Å²) in [4.78, 5) is 20.0. The number of anilines is 2. The predicted molar refractivity (Wildman–Crippen MR) is 151 cm³/mol. The van der Waals surface area contributed by atoms with E-state index < -0.39 is 11.0 Å². The standard InChI is InChI=1S/C27H35N7O2S2/c1-17-24(37-21-9-12-29-25(28)32-21)31-20(16-35)23(30-17)34-13-10-27(11-14-34)15-18-7-5-6-8-19(18)22(27)33-38(36)26(2,3)4/h5-9,12,22,33,35H,10-11,13-16H2,1-4H3,(H2,28,29,32)/t22-,38?/m1/s1. The van der Waals surface area contributed by atoms with Gasteiger partial charge in [-0.3, -0.25) is 0 Å². The summed E-state index contributed by atoms with van der Waals surface area (Å²) in [6.07, 6.45) is 4.41. The van der Waals surface area contributed by atoms with E-state index in [-0.39, 0.29) is 28.8 Å². The van der Waals surface area contributed by atoms with E-state index in [9.17, 15) is 9.32 Å². The fourth-order valence-electron chi connectivity index (χ4n) is 5.38. The molecule has 2 aliphatic rings. The lowest BCUT2D eigenvalue weighted by molar-refractivity contribution is 0.176. The summed E-state index contributed by atoms with van der Waals surface area (Å²) in [6, 6.07) is 10.3. The highest BCUT2D eigenvalue weighted by Crippen LogP contribution is 2.52. The summed E-state index contributed by atoms with van der Waals surface area (Å²) < 4.78 is 16.3. The summed E-state index contributed by atoms with van der Waals surface area (Å²) in [5, 5.41) is 11.6. The van der Waals surface area contributed by atoms with Gasteiger partial charge in [0.2, 0.25) is 5.95 Å². The molecule has 1 aromatic carbocycles. The molecule has 11 heteroatoms. The Balaban J connectivity index is 1.37. The number of nitrogen functional groups attached to an aromatic ring is 1. The molecule has 2 atom stereocenters. The lowest BCUT2D eigenvalue weighted by Gasteiger charge is -2.44. The second-order valence-electron chi connectivity index (χ2n) is 11.1. The number of hydrogen-bond acceptors (Lipinski definition) is 9. The van der Waals surface area contributed by atoms with Crippen LogP contribution in [0.25, 0.3) is 0 Å². The zero-order valence-electron chi connectivity index (χ0n) is 22.3. The lowest BCUT2D eigenvalue weighted by Crippen LogP contribution is -2.48. The van der Waals surface area contributed by atoms with Gasteiger partial charge in [0.15, 0.2) is 5.82 Å². The van der Waals surface area contributed by atoms with Gasteiger partial charge >= 0.3 is 0 Å². The maximum absolute atomic E-state index is 13.2. The Morgan fingerprint density at radius 3 is 2.61 bits per heavy atom. The first-order valence-corrected chi connectivity index (χ1v) is 14.8. The van der Waals surface area contributed by atoms with Crippen LogP contribution in [0.2, 0.25) is 0 Å². The Kier molecular flexibility index (Phi) is 7.47. The molecule has 1 aliphatic heterocycles. The van der Waals surface area contributed by atoms with Gasteiger partial charge in [0.05, 0.1) is 34.1 Å². The highest BCUT2D eigenvalue weighted by Gasteiger charge is 2.49. The van der Waals surface area contributed by atoms with Crippen LogP contribution in [-0.2, 0) is 24.0 Å². The average molecular weight is 554 g/mol. The van der Waals surface area contributed by atoms with Crippen molar-refractivity contribution in [3.63, 3.8) is 0 Å². The van der Waals surface area contributed by atoms with Crippen molar-refractivity contribution >= 4 is 34.5 Å². The molecular formula is C27H35N7O2S2. The molecule has 1 saturated heterocycles. The Labute approximate surface area is 230 Å². The minimum Gasteiger partial charge on any atom is -0.390 e. The highest BCUT2D eigenvalue weighted by atomic mass is 32.2. The molecular weight excluding hydrogens is 518 g/mol. The third-order valence-electron chi connectivity index (χ3n) is 7.44. The predicted octanol–water partition coefficient (Wildman–Crippen LogP) is 3.74. The van der Waals surface area contributed by atoms with Gasteiger partial charge in [0.25, 0.3) is 0 Å². The fraction of sp³-hybridized carbons (Fsp3) is 0.481. The third kappa shape index (κ3) is 5.29. The molecule has 1 spiro atoms. The topological polar surface area (TPSA) is 130 Å². The van der Waals surface area contributed by atoms with E-state index in [4.69, 9.17) is 15.7 Å². The average Bonchev–Trinajstić information content (AvgIpc) is 3.17. The van der Waals surface area contributed by atoms with Crippen LogP contribution < -0.4 is 15.4 Å². The van der Waals surface area contributed by atoms with Crippen LogP contribution >= 0.6 is 11.8 Å². The van der Waals surface area contributed by atoms with Crippen LogP contribution in [-0.4, -0.2) is 47.1 Å². The van der Waals surface area contributed by atoms with E-state index >= 15 is 0 Å². The summed E-state index contributed by atoms with van der Waals surface area (Å²) >= 11 is 1.36. The highest BCUT2D eigenvalue weighted by molar-refractivity contribution is 7.99. The summed E-state index contributed by atoms with van der Waals surface area (Å²) in [5.41, 5.74) is 9.62. The quantitative estimate of drug-likeness (QED) is 0.391. The Bertz CT molecular complexity index is 1350. The molecule has 4 N–H and O–H groups in total. The van der Waals surface area contributed by atoms with Crippen LogP contribution in [0.3, 0.4) is 0 Å². The van der Waals surface area contributed by atoms with Gasteiger partial charge in [-0.15, -0.1) is 0 Å². The second kappa shape index (κ2) is 10.5. The normalized spacial score (nSPS) is 19.5. The molecule has 0 saturated carbocycles. The number of benzene rings is 1. The zero-order valence-corrected chi connectivity index (χ0v) is 23.9. The molecule has 0 radical (unpaired) electrons. The van der Waals surface area contributed by atoms with Gasteiger partial charge < -0.3 is 15.7 Å². The molecule has 202 valence electrons. The molecule has 1 unspecified atom stereocenters. The number of aromatic nitrogens is 4. The molecule has 3 aromatic rings. The van der Waals surface area contributed by atoms with E-state index in [0.29, 0.717) is 15.7 Å². The van der Waals surface area contributed by atoms with Gasteiger partial charge in [-0.05, 0) is 81.3 Å². The molecule has 2 aromatic heterocycles. The maximum Gasteiger partial charge on any atom is 0.221 e. The number of aliphatic hydroxyl groups is 1. The zero-order chi connectivity index (χ0) is 27.1. The lowest BCUT2D eigenvalue weighted by atomic mass is 9.73. The van der Waals surface area contributed by atoms with Gasteiger partial charge in [0, 0.05) is 19.3 Å². The smallest absolute Gasteiger partial charge is 0.221 e. The molecule has 1 fully saturated rings. The largest absolute Gasteiger partial charge is 0.390 e. The minimum absolute atomic E-state index is 0.0221. The first-order valence-electron chi connectivity index (χ1n) is 12.9. The molecule has 0 bridgehead atoms. The van der Waals surface area contributed by atoms with E-state index in [2.05, 4.69) is 43.9 Å². The van der Waals surface area contributed by atoms with Crippen LogP contribution in [0.1, 0.15) is 62.2 Å².